The van der Waals surface area contributed by atoms with E-state index >= 15 is 0 Å². The largest absolute Gasteiger partial charge is 0.310 e. The Hall–Kier alpha value is -7.98. The van der Waals surface area contributed by atoms with Crippen LogP contribution in [0.3, 0.4) is 0 Å². The van der Waals surface area contributed by atoms with Gasteiger partial charge in [0.15, 0.2) is 0 Å². The van der Waals surface area contributed by atoms with Crippen LogP contribution >= 0.6 is 11.3 Å². The van der Waals surface area contributed by atoms with E-state index in [0.717, 1.165) is 22.7 Å². The number of hydrogen-bond donors (Lipinski definition) is 0. The third-order valence-corrected chi connectivity index (χ3v) is 14.7. The van der Waals surface area contributed by atoms with E-state index in [1.165, 1.54) is 87.2 Å². The highest BCUT2D eigenvalue weighted by atomic mass is 32.1. The molecule has 3 heteroatoms. The van der Waals surface area contributed by atoms with E-state index in [-0.39, 0.29) is 0 Å². The summed E-state index contributed by atoms with van der Waals surface area (Å²) in [5.41, 5.74) is 18.8. The van der Waals surface area contributed by atoms with Crippen molar-refractivity contribution in [3.63, 3.8) is 0 Å². The van der Waals surface area contributed by atoms with Gasteiger partial charge in [0.05, 0.1) is 38.6 Å². The molecule has 10 aromatic carbocycles. The van der Waals surface area contributed by atoms with Crippen molar-refractivity contribution >= 4 is 65.6 Å². The Morgan fingerprint density at radius 3 is 1.69 bits per heavy atom. The molecule has 1 aromatic heterocycles. The molecule has 0 bridgehead atoms. The molecular weight excluding hydrogens is 793 g/mol. The SMILES string of the molecule is c1ccc(-c2cccc(-c3ccccc3N(c3cccc4c3-c3ccccc3C43c4ccccc4N(c4ccccc4)c4ccccc43)c3cccc4c3sc3ccccc34)c2)cc1. The third-order valence-electron chi connectivity index (χ3n) is 13.5. The van der Waals surface area contributed by atoms with E-state index in [2.05, 4.69) is 252 Å². The Balaban J connectivity index is 1.12. The summed E-state index contributed by atoms with van der Waals surface area (Å²) in [6.07, 6.45) is 0. The summed E-state index contributed by atoms with van der Waals surface area (Å²) in [6.45, 7) is 0. The Morgan fingerprint density at radius 1 is 0.359 bits per heavy atom. The van der Waals surface area contributed by atoms with Gasteiger partial charge in [-0.25, -0.2) is 0 Å². The van der Waals surface area contributed by atoms with E-state index in [0.29, 0.717) is 0 Å². The van der Waals surface area contributed by atoms with E-state index < -0.39 is 5.41 Å². The molecule has 300 valence electrons. The van der Waals surface area contributed by atoms with Crippen molar-refractivity contribution in [1.29, 1.82) is 0 Å². The van der Waals surface area contributed by atoms with Gasteiger partial charge in [-0.1, -0.05) is 188 Å². The molecule has 0 unspecified atom stereocenters. The molecule has 2 heterocycles. The summed E-state index contributed by atoms with van der Waals surface area (Å²) in [5, 5.41) is 2.56. The average molecular weight is 833 g/mol. The molecule has 1 spiro atoms. The number of fused-ring (bicyclic) bond motifs is 12. The second-order valence-electron chi connectivity index (χ2n) is 16.8. The molecule has 13 rings (SSSR count). The Bertz CT molecular complexity index is 3540. The van der Waals surface area contributed by atoms with Crippen molar-refractivity contribution in [3.05, 3.63) is 265 Å². The molecule has 11 aromatic rings. The van der Waals surface area contributed by atoms with E-state index in [1.54, 1.807) is 0 Å². The van der Waals surface area contributed by atoms with Crippen LogP contribution in [0.5, 0.6) is 0 Å². The van der Waals surface area contributed by atoms with E-state index in [4.69, 9.17) is 0 Å². The molecule has 1 aliphatic carbocycles. The molecule has 0 saturated carbocycles. The van der Waals surface area contributed by atoms with Crippen LogP contribution in [-0.2, 0) is 5.41 Å². The van der Waals surface area contributed by atoms with Crippen molar-refractivity contribution in [2.45, 2.75) is 5.41 Å². The fraction of sp³-hybridized carbons (Fsp3) is 0.0164. The van der Waals surface area contributed by atoms with Crippen LogP contribution in [-0.4, -0.2) is 0 Å². The van der Waals surface area contributed by atoms with Gasteiger partial charge in [0, 0.05) is 32.3 Å². The lowest BCUT2D eigenvalue weighted by Crippen LogP contribution is -2.36. The second kappa shape index (κ2) is 14.6. The zero-order valence-corrected chi connectivity index (χ0v) is 35.7. The minimum Gasteiger partial charge on any atom is -0.310 e. The quantitative estimate of drug-likeness (QED) is 0.165. The summed E-state index contributed by atoms with van der Waals surface area (Å²) >= 11 is 1.88. The molecule has 0 atom stereocenters. The predicted molar refractivity (Wildman–Crippen MR) is 270 cm³/mol. The van der Waals surface area contributed by atoms with Gasteiger partial charge < -0.3 is 9.80 Å². The van der Waals surface area contributed by atoms with Gasteiger partial charge in [-0.15, -0.1) is 11.3 Å². The monoisotopic (exact) mass is 832 g/mol. The van der Waals surface area contributed by atoms with Gasteiger partial charge >= 0.3 is 0 Å². The number of benzene rings is 10. The third kappa shape index (κ3) is 5.32. The molecule has 0 fully saturated rings. The number of hydrogen-bond acceptors (Lipinski definition) is 3. The Kier molecular flexibility index (Phi) is 8.34. The molecule has 0 saturated heterocycles. The van der Waals surface area contributed by atoms with Crippen molar-refractivity contribution in [3.8, 4) is 33.4 Å². The maximum absolute atomic E-state index is 2.58. The van der Waals surface area contributed by atoms with Gasteiger partial charge in [0.25, 0.3) is 0 Å². The number of anilines is 6. The van der Waals surface area contributed by atoms with Gasteiger partial charge in [0.2, 0.25) is 0 Å². The molecule has 0 N–H and O–H groups in total. The lowest BCUT2D eigenvalue weighted by atomic mass is 9.64. The average Bonchev–Trinajstić information content (AvgIpc) is 3.90. The first-order valence-corrected chi connectivity index (χ1v) is 22.8. The fourth-order valence-corrected chi connectivity index (χ4v) is 12.1. The molecular formula is C61H40N2S. The number of para-hydroxylation sites is 4. The van der Waals surface area contributed by atoms with Crippen LogP contribution < -0.4 is 9.80 Å². The lowest BCUT2D eigenvalue weighted by Gasteiger charge is -2.45. The molecule has 2 aliphatic rings. The van der Waals surface area contributed by atoms with Crippen LogP contribution in [0.25, 0.3) is 53.6 Å². The van der Waals surface area contributed by atoms with Crippen molar-refractivity contribution in [2.24, 2.45) is 0 Å². The zero-order valence-electron chi connectivity index (χ0n) is 34.9. The molecule has 64 heavy (non-hydrogen) atoms. The summed E-state index contributed by atoms with van der Waals surface area (Å²) in [4.78, 5) is 5.03. The highest BCUT2D eigenvalue weighted by Gasteiger charge is 2.52. The van der Waals surface area contributed by atoms with Crippen LogP contribution in [0.15, 0.2) is 243 Å². The standard InChI is InChI=1S/C61H40N2S/c1-3-20-41(21-4-1)42-22-17-23-43(40-42)45-26-8-13-34-53(45)63(57-38-18-29-47-46-27-9-16-39-58(46)64-60(47)57)56-37-19-33-52-59(56)48-28-7-10-30-49(48)61(52)50-31-11-14-35-54(50)62(44-24-5-2-6-25-44)55-36-15-12-32-51(55)61/h1-40H. The van der Waals surface area contributed by atoms with E-state index in [9.17, 15) is 0 Å². The number of thiophene rings is 1. The summed E-state index contributed by atoms with van der Waals surface area (Å²) in [7, 11) is 0. The summed E-state index contributed by atoms with van der Waals surface area (Å²) in [6, 6.07) is 89.6. The number of nitrogens with zero attached hydrogens (tertiary/aromatic N) is 2. The number of rotatable bonds is 6. The summed E-state index contributed by atoms with van der Waals surface area (Å²) < 4.78 is 2.55. The Labute approximate surface area is 377 Å². The molecule has 0 amide bonds. The first-order valence-electron chi connectivity index (χ1n) is 22.0. The fourth-order valence-electron chi connectivity index (χ4n) is 10.9. The van der Waals surface area contributed by atoms with Crippen LogP contribution in [0.4, 0.5) is 34.1 Å². The molecule has 2 nitrogen and oxygen atoms in total. The molecule has 1 aliphatic heterocycles. The van der Waals surface area contributed by atoms with Crippen LogP contribution in [0.1, 0.15) is 22.3 Å². The Morgan fingerprint density at radius 2 is 0.891 bits per heavy atom. The summed E-state index contributed by atoms with van der Waals surface area (Å²) in [5.74, 6) is 0. The second-order valence-corrected chi connectivity index (χ2v) is 17.8. The lowest BCUT2D eigenvalue weighted by molar-refractivity contribution is 0.752. The van der Waals surface area contributed by atoms with Gasteiger partial charge in [-0.2, -0.15) is 0 Å². The van der Waals surface area contributed by atoms with E-state index in [1.807, 2.05) is 11.3 Å². The maximum Gasteiger partial charge on any atom is 0.0755 e. The minimum atomic E-state index is -0.584. The minimum absolute atomic E-state index is 0.584. The van der Waals surface area contributed by atoms with Crippen molar-refractivity contribution < 1.29 is 0 Å². The zero-order chi connectivity index (χ0) is 42.2. The smallest absolute Gasteiger partial charge is 0.0755 e. The highest BCUT2D eigenvalue weighted by Crippen LogP contribution is 2.65. The maximum atomic E-state index is 2.58. The van der Waals surface area contributed by atoms with Crippen LogP contribution in [0, 0.1) is 0 Å². The predicted octanol–water partition coefficient (Wildman–Crippen LogP) is 17.0. The van der Waals surface area contributed by atoms with Crippen molar-refractivity contribution in [1.82, 2.24) is 0 Å². The normalized spacial score (nSPS) is 13.1. The first kappa shape index (κ1) is 36.7. The van der Waals surface area contributed by atoms with Gasteiger partial charge in [-0.05, 0) is 99.1 Å². The van der Waals surface area contributed by atoms with Gasteiger partial charge in [0.1, 0.15) is 0 Å². The first-order chi connectivity index (χ1) is 31.8. The van der Waals surface area contributed by atoms with Crippen molar-refractivity contribution in [2.75, 3.05) is 9.80 Å². The molecule has 0 radical (unpaired) electrons. The van der Waals surface area contributed by atoms with Gasteiger partial charge in [-0.3, -0.25) is 0 Å². The van der Waals surface area contributed by atoms with Crippen LogP contribution in [0.2, 0.25) is 0 Å². The highest BCUT2D eigenvalue weighted by molar-refractivity contribution is 7.26. The topological polar surface area (TPSA) is 6.48 Å².